The van der Waals surface area contributed by atoms with Gasteiger partial charge in [0.15, 0.2) is 0 Å². The maximum atomic E-state index is 14.1. The first-order valence-corrected chi connectivity index (χ1v) is 27.1. The first kappa shape index (κ1) is 58.3. The lowest BCUT2D eigenvalue weighted by Crippen LogP contribution is -2.59. The summed E-state index contributed by atoms with van der Waals surface area (Å²) in [4.78, 5) is 54.1. The molecule has 12 heteroatoms. The van der Waals surface area contributed by atoms with Gasteiger partial charge in [-0.05, 0) is 149 Å². The number of rotatable bonds is 23. The van der Waals surface area contributed by atoms with E-state index in [0.29, 0.717) is 38.5 Å². The maximum Gasteiger partial charge on any atom is 0.309 e. The third-order valence-corrected chi connectivity index (χ3v) is 14.7. The molecule has 4 aliphatic rings. The fourth-order valence-corrected chi connectivity index (χ4v) is 13.5. The largest absolute Gasteiger partial charge is 0.462 e. The van der Waals surface area contributed by atoms with E-state index in [4.69, 9.17) is 18.9 Å². The Morgan fingerprint density at radius 3 is 0.779 bits per heavy atom. The van der Waals surface area contributed by atoms with E-state index in [-0.39, 0.29) is 104 Å². The molecule has 4 rings (SSSR count). The number of carbonyl (C=O) groups is 4. The highest BCUT2D eigenvalue weighted by Gasteiger charge is 2.43. The van der Waals surface area contributed by atoms with Gasteiger partial charge in [-0.25, -0.2) is 0 Å². The van der Waals surface area contributed by atoms with Crippen LogP contribution in [0.4, 0.5) is 0 Å². The SMILES string of the molecule is CC1(C)CC(OC(=O)CCCCCC(CCCCC(CCCCCC(=O)OC2CC(C)(C)NC(C)(C)C2)C(=O)OC2CC(C)(C)NC(C)(C)C2)C(=O)OC2CC(C)(C)NC(C)(C)C2)CC(C)(C)N1. The molecular formula is C56H102N4O8. The standard InChI is InChI=1S/C56H102N4O8/c1-49(2)31-41(32-50(3,4)57-49)65-45(61)29-21-17-19-25-39(47(63)67-43-35-53(9,10)59-54(11,12)36-43)27-23-24-28-40(48(64)68-44-37-55(13,14)60-56(15,16)38-44)26-20-18-22-30-46(62)66-42-33-51(5,6)58-52(7,8)34-42/h39-44,57-60H,17-38H2,1-16H3. The van der Waals surface area contributed by atoms with E-state index in [1.165, 1.54) is 0 Å². The summed E-state index contributed by atoms with van der Waals surface area (Å²) in [5.74, 6) is -1.05. The molecule has 68 heavy (non-hydrogen) atoms. The summed E-state index contributed by atoms with van der Waals surface area (Å²) in [6, 6.07) is 0. The Labute approximate surface area is 414 Å². The second-order valence-electron chi connectivity index (χ2n) is 27.4. The summed E-state index contributed by atoms with van der Waals surface area (Å²) < 4.78 is 24.7. The van der Waals surface area contributed by atoms with Crippen molar-refractivity contribution in [3.8, 4) is 0 Å². The molecule has 0 spiro atoms. The number of unbranched alkanes of at least 4 members (excludes halogenated alkanes) is 5. The van der Waals surface area contributed by atoms with Gasteiger partial charge in [0.05, 0.1) is 11.8 Å². The zero-order valence-electron chi connectivity index (χ0n) is 46.3. The number of hydrogen-bond acceptors (Lipinski definition) is 12. The fourth-order valence-electron chi connectivity index (χ4n) is 13.5. The normalized spacial score (nSPS) is 25.1. The van der Waals surface area contributed by atoms with Gasteiger partial charge in [-0.1, -0.05) is 38.5 Å². The van der Waals surface area contributed by atoms with Crippen LogP contribution in [0.15, 0.2) is 0 Å². The second kappa shape index (κ2) is 23.5. The maximum absolute atomic E-state index is 14.1. The van der Waals surface area contributed by atoms with Crippen LogP contribution in [0.2, 0.25) is 0 Å². The zero-order chi connectivity index (χ0) is 51.0. The van der Waals surface area contributed by atoms with Crippen molar-refractivity contribution >= 4 is 23.9 Å². The Kier molecular flexibility index (Phi) is 20.2. The van der Waals surface area contributed by atoms with Gasteiger partial charge in [0, 0.05) is 109 Å². The molecule has 0 bridgehead atoms. The highest BCUT2D eigenvalue weighted by molar-refractivity contribution is 5.73. The molecule has 2 atom stereocenters. The molecule has 0 aliphatic carbocycles. The van der Waals surface area contributed by atoms with Crippen molar-refractivity contribution in [2.24, 2.45) is 11.8 Å². The van der Waals surface area contributed by atoms with Gasteiger partial charge < -0.3 is 40.2 Å². The molecule has 2 unspecified atom stereocenters. The minimum absolute atomic E-state index is 0.0933. The van der Waals surface area contributed by atoms with Crippen molar-refractivity contribution in [3.63, 3.8) is 0 Å². The Bertz CT molecular complexity index is 1480. The molecule has 4 N–H and O–H groups in total. The summed E-state index contributed by atoms with van der Waals surface area (Å²) in [5.41, 5.74) is -0.968. The summed E-state index contributed by atoms with van der Waals surface area (Å²) in [5, 5.41) is 14.7. The summed E-state index contributed by atoms with van der Waals surface area (Å²) in [6.45, 7) is 34.7. The van der Waals surface area contributed by atoms with Gasteiger partial charge >= 0.3 is 23.9 Å². The molecule has 0 radical (unpaired) electrons. The minimum atomic E-state index is -0.256. The number of carbonyl (C=O) groups excluding carboxylic acids is 4. The molecule has 4 saturated heterocycles. The van der Waals surface area contributed by atoms with Crippen molar-refractivity contribution in [1.29, 1.82) is 0 Å². The monoisotopic (exact) mass is 959 g/mol. The minimum Gasteiger partial charge on any atom is -0.462 e. The van der Waals surface area contributed by atoms with Crippen molar-refractivity contribution in [2.45, 2.75) is 321 Å². The Hall–Kier alpha value is -2.28. The molecule has 0 aromatic rings. The van der Waals surface area contributed by atoms with Gasteiger partial charge in [0.1, 0.15) is 24.4 Å². The third kappa shape index (κ3) is 21.2. The molecule has 4 fully saturated rings. The summed E-state index contributed by atoms with van der Waals surface area (Å²) in [7, 11) is 0. The number of hydrogen-bond donors (Lipinski definition) is 4. The lowest BCUT2D eigenvalue weighted by atomic mass is 9.81. The van der Waals surface area contributed by atoms with E-state index in [1.54, 1.807) is 0 Å². The molecule has 394 valence electrons. The average molecular weight is 959 g/mol. The predicted octanol–water partition coefficient (Wildman–Crippen LogP) is 11.1. The van der Waals surface area contributed by atoms with Crippen molar-refractivity contribution in [3.05, 3.63) is 0 Å². The zero-order valence-corrected chi connectivity index (χ0v) is 46.3. The molecule has 0 saturated carbocycles. The quantitative estimate of drug-likeness (QED) is 0.0438. The lowest BCUT2D eigenvalue weighted by molar-refractivity contribution is -0.160. The molecule has 0 amide bonds. The van der Waals surface area contributed by atoms with Crippen LogP contribution < -0.4 is 21.3 Å². The van der Waals surface area contributed by atoms with E-state index in [0.717, 1.165) is 103 Å². The van der Waals surface area contributed by atoms with Crippen LogP contribution in [0.3, 0.4) is 0 Å². The molecule has 0 aromatic carbocycles. The van der Waals surface area contributed by atoms with E-state index < -0.39 is 0 Å². The van der Waals surface area contributed by atoms with Gasteiger partial charge in [0.2, 0.25) is 0 Å². The van der Waals surface area contributed by atoms with E-state index in [1.807, 2.05) is 0 Å². The molecule has 12 nitrogen and oxygen atoms in total. The van der Waals surface area contributed by atoms with Crippen molar-refractivity contribution in [2.75, 3.05) is 0 Å². The average Bonchev–Trinajstić information content (AvgIpc) is 3.08. The van der Waals surface area contributed by atoms with Crippen LogP contribution in [0.5, 0.6) is 0 Å². The topological polar surface area (TPSA) is 153 Å². The molecule has 4 aliphatic heterocycles. The highest BCUT2D eigenvalue weighted by atomic mass is 16.6. The van der Waals surface area contributed by atoms with E-state index in [9.17, 15) is 19.2 Å². The Morgan fingerprint density at radius 1 is 0.338 bits per heavy atom. The van der Waals surface area contributed by atoms with E-state index in [2.05, 4.69) is 132 Å². The molecule has 4 heterocycles. The fraction of sp³-hybridized carbons (Fsp3) is 0.929. The second-order valence-corrected chi connectivity index (χ2v) is 27.4. The number of piperidine rings is 4. The van der Waals surface area contributed by atoms with E-state index >= 15 is 0 Å². The van der Waals surface area contributed by atoms with Crippen LogP contribution >= 0.6 is 0 Å². The van der Waals surface area contributed by atoms with Gasteiger partial charge in [-0.2, -0.15) is 0 Å². The van der Waals surface area contributed by atoms with Gasteiger partial charge in [-0.15, -0.1) is 0 Å². The van der Waals surface area contributed by atoms with Crippen molar-refractivity contribution < 1.29 is 38.1 Å². The Morgan fingerprint density at radius 2 is 0.544 bits per heavy atom. The lowest BCUT2D eigenvalue weighted by Gasteiger charge is -2.46. The first-order chi connectivity index (χ1) is 31.1. The van der Waals surface area contributed by atoms with Crippen LogP contribution in [0, 0.1) is 11.8 Å². The van der Waals surface area contributed by atoms with Crippen LogP contribution in [-0.2, 0) is 38.1 Å². The molecular weight excluding hydrogens is 857 g/mol. The smallest absolute Gasteiger partial charge is 0.309 e. The Balaban J connectivity index is 1.33. The van der Waals surface area contributed by atoms with Crippen LogP contribution in [-0.4, -0.2) is 92.6 Å². The summed E-state index contributed by atoms with van der Waals surface area (Å²) >= 11 is 0. The molecule has 0 aromatic heterocycles. The first-order valence-electron chi connectivity index (χ1n) is 27.1. The highest BCUT2D eigenvalue weighted by Crippen LogP contribution is 2.36. The van der Waals surface area contributed by atoms with Crippen LogP contribution in [0.25, 0.3) is 0 Å². The number of nitrogens with one attached hydrogen (secondary N) is 4. The predicted molar refractivity (Wildman–Crippen MR) is 273 cm³/mol. The third-order valence-electron chi connectivity index (χ3n) is 14.7. The number of esters is 4. The van der Waals surface area contributed by atoms with Gasteiger partial charge in [-0.3, -0.25) is 19.2 Å². The summed E-state index contributed by atoms with van der Waals surface area (Å²) in [6.07, 6.45) is 15.6. The van der Waals surface area contributed by atoms with Crippen molar-refractivity contribution in [1.82, 2.24) is 21.3 Å². The van der Waals surface area contributed by atoms with Crippen LogP contribution in [0.1, 0.15) is 252 Å². The van der Waals surface area contributed by atoms with Gasteiger partial charge in [0.25, 0.3) is 0 Å². The number of ether oxygens (including phenoxy) is 4.